The molecule has 0 aliphatic heterocycles. The molecule has 1 aromatic carbocycles. The van der Waals surface area contributed by atoms with E-state index >= 15 is 0 Å². The zero-order chi connectivity index (χ0) is 11.1. The van der Waals surface area contributed by atoms with Crippen molar-refractivity contribution in [2.45, 2.75) is 19.4 Å². The van der Waals surface area contributed by atoms with Crippen molar-refractivity contribution in [3.63, 3.8) is 0 Å². The monoisotopic (exact) mass is 203 g/mol. The van der Waals surface area contributed by atoms with Gasteiger partial charge in [0.25, 0.3) is 0 Å². The molecule has 0 bridgehead atoms. The molecule has 2 nitrogen and oxygen atoms in total. The normalized spacial score (nSPS) is 11.8. The number of nitrogens with one attached hydrogen (secondary N) is 1. The Balaban J connectivity index is 2.70. The van der Waals surface area contributed by atoms with E-state index in [1.54, 1.807) is 7.11 Å². The molecule has 0 aromatic heterocycles. The minimum absolute atomic E-state index is 0.00384. The number of rotatable bonds is 5. The second-order valence-corrected chi connectivity index (χ2v) is 3.33. The second-order valence-electron chi connectivity index (χ2n) is 3.33. The molecule has 0 radical (unpaired) electrons. The van der Waals surface area contributed by atoms with Crippen LogP contribution in [0.5, 0.6) is 5.75 Å². The predicted molar refractivity (Wildman–Crippen MR) is 62.9 cm³/mol. The van der Waals surface area contributed by atoms with Crippen LogP contribution in [0.2, 0.25) is 0 Å². The summed E-state index contributed by atoms with van der Waals surface area (Å²) in [6.07, 6.45) is 6.55. The first-order chi connectivity index (χ1) is 7.31. The third-order valence-electron chi connectivity index (χ3n) is 2.21. The highest BCUT2D eigenvalue weighted by Crippen LogP contribution is 2.16. The van der Waals surface area contributed by atoms with Gasteiger partial charge in [-0.3, -0.25) is 0 Å². The average molecular weight is 203 g/mol. The molecule has 1 atom stereocenters. The van der Waals surface area contributed by atoms with Crippen LogP contribution in [0.25, 0.3) is 0 Å². The van der Waals surface area contributed by atoms with Gasteiger partial charge in [0.2, 0.25) is 0 Å². The molecule has 1 unspecified atom stereocenters. The molecule has 1 aromatic rings. The number of terminal acetylenes is 1. The quantitative estimate of drug-likeness (QED) is 0.742. The standard InChI is InChI=1S/C13H17NO/c1-4-10-14-13(5-2)11-6-8-12(15-3)9-7-11/h2,6-9,13-14H,4,10H2,1,3H3. The topological polar surface area (TPSA) is 21.3 Å². The largest absolute Gasteiger partial charge is 0.497 e. The molecule has 0 fully saturated rings. The Morgan fingerprint density at radius 3 is 2.53 bits per heavy atom. The van der Waals surface area contributed by atoms with E-state index in [0.717, 1.165) is 24.3 Å². The maximum atomic E-state index is 5.47. The zero-order valence-corrected chi connectivity index (χ0v) is 9.29. The van der Waals surface area contributed by atoms with E-state index in [1.807, 2.05) is 24.3 Å². The molecule has 0 aliphatic rings. The summed E-state index contributed by atoms with van der Waals surface area (Å²) in [4.78, 5) is 0. The van der Waals surface area contributed by atoms with E-state index in [0.29, 0.717) is 0 Å². The Kier molecular flexibility index (Phi) is 4.73. The van der Waals surface area contributed by atoms with Crippen LogP contribution in [0, 0.1) is 12.3 Å². The van der Waals surface area contributed by atoms with Crippen molar-refractivity contribution >= 4 is 0 Å². The minimum Gasteiger partial charge on any atom is -0.497 e. The highest BCUT2D eigenvalue weighted by Gasteiger charge is 2.06. The fourth-order valence-electron chi connectivity index (χ4n) is 1.36. The van der Waals surface area contributed by atoms with E-state index in [9.17, 15) is 0 Å². The summed E-state index contributed by atoms with van der Waals surface area (Å²) in [7, 11) is 1.66. The van der Waals surface area contributed by atoms with Crippen LogP contribution in [0.3, 0.4) is 0 Å². The molecule has 0 heterocycles. The molecule has 80 valence electrons. The molecule has 0 aliphatic carbocycles. The Bertz CT molecular complexity index is 323. The fourth-order valence-corrected chi connectivity index (χ4v) is 1.36. The smallest absolute Gasteiger partial charge is 0.118 e. The summed E-state index contributed by atoms with van der Waals surface area (Å²) in [5.74, 6) is 3.59. The van der Waals surface area contributed by atoms with Gasteiger partial charge in [-0.25, -0.2) is 0 Å². The van der Waals surface area contributed by atoms with Gasteiger partial charge in [0.15, 0.2) is 0 Å². The molecule has 1 N–H and O–H groups in total. The Hall–Kier alpha value is -1.46. The van der Waals surface area contributed by atoms with Crippen molar-refractivity contribution in [1.82, 2.24) is 5.32 Å². The van der Waals surface area contributed by atoms with Gasteiger partial charge in [0.05, 0.1) is 13.2 Å². The van der Waals surface area contributed by atoms with E-state index in [4.69, 9.17) is 11.2 Å². The van der Waals surface area contributed by atoms with Gasteiger partial charge in [0, 0.05) is 0 Å². The highest BCUT2D eigenvalue weighted by molar-refractivity contribution is 5.32. The van der Waals surface area contributed by atoms with Crippen LogP contribution in [0.15, 0.2) is 24.3 Å². The molecule has 15 heavy (non-hydrogen) atoms. The van der Waals surface area contributed by atoms with Gasteiger partial charge in [-0.1, -0.05) is 25.0 Å². The Morgan fingerprint density at radius 1 is 1.40 bits per heavy atom. The summed E-state index contributed by atoms with van der Waals surface area (Å²) < 4.78 is 5.09. The van der Waals surface area contributed by atoms with Crippen molar-refractivity contribution in [3.8, 4) is 18.1 Å². The summed E-state index contributed by atoms with van der Waals surface area (Å²) in [5, 5.41) is 3.30. The van der Waals surface area contributed by atoms with Crippen LogP contribution >= 0.6 is 0 Å². The van der Waals surface area contributed by atoms with E-state index in [-0.39, 0.29) is 6.04 Å². The van der Waals surface area contributed by atoms with Crippen molar-refractivity contribution in [1.29, 1.82) is 0 Å². The summed E-state index contributed by atoms with van der Waals surface area (Å²) >= 11 is 0. The minimum atomic E-state index is -0.00384. The molecule has 0 spiro atoms. The van der Waals surface area contributed by atoms with Crippen molar-refractivity contribution in [3.05, 3.63) is 29.8 Å². The number of benzene rings is 1. The first kappa shape index (κ1) is 11.6. The lowest BCUT2D eigenvalue weighted by molar-refractivity contribution is 0.414. The highest BCUT2D eigenvalue weighted by atomic mass is 16.5. The molecular weight excluding hydrogens is 186 g/mol. The van der Waals surface area contributed by atoms with Gasteiger partial charge in [0.1, 0.15) is 5.75 Å². The third-order valence-corrected chi connectivity index (χ3v) is 2.21. The molecule has 0 saturated carbocycles. The molecular formula is C13H17NO. The number of hydrogen-bond donors (Lipinski definition) is 1. The van der Waals surface area contributed by atoms with Crippen LogP contribution in [-0.4, -0.2) is 13.7 Å². The SMILES string of the molecule is C#CC(NCCC)c1ccc(OC)cc1. The maximum absolute atomic E-state index is 5.47. The molecule has 2 heteroatoms. The first-order valence-corrected chi connectivity index (χ1v) is 5.15. The number of ether oxygens (including phenoxy) is 1. The van der Waals surface area contributed by atoms with Gasteiger partial charge >= 0.3 is 0 Å². The van der Waals surface area contributed by atoms with E-state index < -0.39 is 0 Å². The van der Waals surface area contributed by atoms with E-state index in [1.165, 1.54) is 0 Å². The lowest BCUT2D eigenvalue weighted by atomic mass is 10.1. The van der Waals surface area contributed by atoms with Gasteiger partial charge in [-0.15, -0.1) is 6.42 Å². The van der Waals surface area contributed by atoms with E-state index in [2.05, 4.69) is 18.2 Å². The Labute approximate surface area is 91.6 Å². The van der Waals surface area contributed by atoms with Gasteiger partial charge in [-0.05, 0) is 30.7 Å². The second kappa shape index (κ2) is 6.10. The summed E-state index contributed by atoms with van der Waals surface area (Å²) in [6.45, 7) is 3.05. The van der Waals surface area contributed by atoms with Crippen molar-refractivity contribution in [2.75, 3.05) is 13.7 Å². The van der Waals surface area contributed by atoms with Gasteiger partial charge in [-0.2, -0.15) is 0 Å². The van der Waals surface area contributed by atoms with Crippen LogP contribution in [-0.2, 0) is 0 Å². The van der Waals surface area contributed by atoms with Crippen molar-refractivity contribution < 1.29 is 4.74 Å². The zero-order valence-electron chi connectivity index (χ0n) is 9.29. The predicted octanol–water partition coefficient (Wildman–Crippen LogP) is 2.37. The third kappa shape index (κ3) is 3.30. The lowest BCUT2D eigenvalue weighted by Gasteiger charge is -2.12. The van der Waals surface area contributed by atoms with Crippen LogP contribution in [0.1, 0.15) is 24.9 Å². The number of hydrogen-bond acceptors (Lipinski definition) is 2. The fraction of sp³-hybridized carbons (Fsp3) is 0.385. The lowest BCUT2D eigenvalue weighted by Crippen LogP contribution is -2.20. The van der Waals surface area contributed by atoms with Crippen molar-refractivity contribution in [2.24, 2.45) is 0 Å². The van der Waals surface area contributed by atoms with Gasteiger partial charge < -0.3 is 10.1 Å². The average Bonchev–Trinajstić information content (AvgIpc) is 2.31. The molecule has 0 amide bonds. The number of methoxy groups -OCH3 is 1. The maximum Gasteiger partial charge on any atom is 0.118 e. The first-order valence-electron chi connectivity index (χ1n) is 5.15. The summed E-state index contributed by atoms with van der Waals surface area (Å²) in [5.41, 5.74) is 1.10. The molecule has 1 rings (SSSR count). The van der Waals surface area contributed by atoms with Crippen LogP contribution in [0.4, 0.5) is 0 Å². The van der Waals surface area contributed by atoms with Crippen LogP contribution < -0.4 is 10.1 Å². The molecule has 0 saturated heterocycles. The summed E-state index contributed by atoms with van der Waals surface area (Å²) in [6, 6.07) is 7.83. The Morgan fingerprint density at radius 2 is 2.07 bits per heavy atom.